The van der Waals surface area contributed by atoms with Gasteiger partial charge in [0.1, 0.15) is 0 Å². The summed E-state index contributed by atoms with van der Waals surface area (Å²) in [5.74, 6) is 0.940. The second-order valence-electron chi connectivity index (χ2n) is 2.99. The van der Waals surface area contributed by atoms with Crippen LogP contribution in [-0.2, 0) is 0 Å². The van der Waals surface area contributed by atoms with Crippen molar-refractivity contribution < 1.29 is 0 Å². The lowest BCUT2D eigenvalue weighted by atomic mass is 10.2. The lowest BCUT2D eigenvalue weighted by molar-refractivity contribution is 0.662. The Morgan fingerprint density at radius 2 is 2.25 bits per heavy atom. The topological polar surface area (TPSA) is 50.4 Å². The molecule has 4 heteroatoms. The van der Waals surface area contributed by atoms with E-state index >= 15 is 0 Å². The van der Waals surface area contributed by atoms with Crippen LogP contribution in [-0.4, -0.2) is 19.0 Å². The molecule has 0 aromatic carbocycles. The molecular weight excluding hydrogens is 174 g/mol. The molecule has 0 atom stereocenters. The summed E-state index contributed by atoms with van der Waals surface area (Å²) in [5.41, 5.74) is 5.51. The molecule has 0 aromatic heterocycles. The summed E-state index contributed by atoms with van der Waals surface area (Å²) in [7, 11) is 0. The van der Waals surface area contributed by atoms with Crippen molar-refractivity contribution in [2.24, 2.45) is 16.6 Å². The summed E-state index contributed by atoms with van der Waals surface area (Å²) in [6.07, 6.45) is 0. The van der Waals surface area contributed by atoms with Crippen LogP contribution in [0, 0.1) is 5.92 Å². The fraction of sp³-hybridized carbons (Fsp3) is 0.625. The second-order valence-corrected chi connectivity index (χ2v) is 3.53. The van der Waals surface area contributed by atoms with Gasteiger partial charge in [0.15, 0.2) is 5.96 Å². The van der Waals surface area contributed by atoms with Crippen molar-refractivity contribution in [3.63, 3.8) is 0 Å². The molecule has 0 unspecified atom stereocenters. The highest BCUT2D eigenvalue weighted by atomic mass is 35.5. The Balaban J connectivity index is 3.63. The summed E-state index contributed by atoms with van der Waals surface area (Å²) in [4.78, 5) is 4.08. The van der Waals surface area contributed by atoms with Gasteiger partial charge in [0.05, 0.1) is 6.54 Å². The van der Waals surface area contributed by atoms with Crippen LogP contribution in [0.5, 0.6) is 0 Å². The molecular formula is C8H16ClN3. The highest BCUT2D eigenvalue weighted by Gasteiger charge is 1.93. The summed E-state index contributed by atoms with van der Waals surface area (Å²) in [5, 5.41) is 3.36. The zero-order valence-electron chi connectivity index (χ0n) is 7.60. The van der Waals surface area contributed by atoms with Gasteiger partial charge in [0.25, 0.3) is 0 Å². The maximum atomic E-state index is 5.52. The number of hydrogen-bond acceptors (Lipinski definition) is 1. The fourth-order valence-corrected chi connectivity index (χ4v) is 0.590. The first-order valence-corrected chi connectivity index (χ1v) is 4.27. The maximum absolute atomic E-state index is 5.52. The van der Waals surface area contributed by atoms with E-state index in [1.54, 1.807) is 0 Å². The van der Waals surface area contributed by atoms with Gasteiger partial charge in [0, 0.05) is 11.6 Å². The van der Waals surface area contributed by atoms with E-state index in [-0.39, 0.29) is 0 Å². The first kappa shape index (κ1) is 11.3. The molecule has 12 heavy (non-hydrogen) atoms. The number of nitrogens with one attached hydrogen (secondary N) is 1. The molecule has 0 amide bonds. The van der Waals surface area contributed by atoms with Crippen molar-refractivity contribution in [2.45, 2.75) is 13.8 Å². The van der Waals surface area contributed by atoms with Crippen LogP contribution in [0.3, 0.4) is 0 Å². The third kappa shape index (κ3) is 7.41. The Hall–Kier alpha value is -0.700. The summed E-state index contributed by atoms with van der Waals surface area (Å²) in [6, 6.07) is 0. The van der Waals surface area contributed by atoms with E-state index in [1.807, 2.05) is 0 Å². The minimum absolute atomic E-state index is 0.422. The zero-order valence-corrected chi connectivity index (χ0v) is 8.36. The van der Waals surface area contributed by atoms with Crippen LogP contribution >= 0.6 is 11.6 Å². The zero-order chi connectivity index (χ0) is 9.56. The Kier molecular flexibility index (Phi) is 5.54. The molecule has 0 saturated carbocycles. The summed E-state index contributed by atoms with van der Waals surface area (Å²) in [6.45, 7) is 8.87. The van der Waals surface area contributed by atoms with Crippen LogP contribution < -0.4 is 11.1 Å². The first-order chi connectivity index (χ1) is 5.52. The molecule has 0 aliphatic rings. The number of nitrogens with two attached hydrogens (primary N) is 1. The van der Waals surface area contributed by atoms with Crippen LogP contribution in [0.25, 0.3) is 0 Å². The van der Waals surface area contributed by atoms with Crippen molar-refractivity contribution in [1.82, 2.24) is 5.32 Å². The lowest BCUT2D eigenvalue weighted by Crippen LogP contribution is -2.32. The molecule has 3 nitrogen and oxygen atoms in total. The highest BCUT2D eigenvalue weighted by Crippen LogP contribution is 1.93. The Labute approximate surface area is 78.7 Å². The molecule has 0 aromatic rings. The number of hydrogen-bond donors (Lipinski definition) is 2. The van der Waals surface area contributed by atoms with Gasteiger partial charge in [-0.15, -0.1) is 0 Å². The van der Waals surface area contributed by atoms with Gasteiger partial charge in [0.2, 0.25) is 0 Å². The molecule has 0 fully saturated rings. The number of rotatable bonds is 4. The van der Waals surface area contributed by atoms with Crippen molar-refractivity contribution in [1.29, 1.82) is 0 Å². The molecule has 0 aliphatic heterocycles. The fourth-order valence-electron chi connectivity index (χ4n) is 0.523. The molecule has 70 valence electrons. The van der Waals surface area contributed by atoms with E-state index in [2.05, 4.69) is 30.7 Å². The largest absolute Gasteiger partial charge is 0.370 e. The van der Waals surface area contributed by atoms with Crippen molar-refractivity contribution in [3.8, 4) is 0 Å². The Morgan fingerprint density at radius 1 is 1.67 bits per heavy atom. The predicted molar refractivity (Wildman–Crippen MR) is 54.3 cm³/mol. The summed E-state index contributed by atoms with van der Waals surface area (Å²) < 4.78 is 0. The molecule has 0 heterocycles. The molecule has 0 radical (unpaired) electrons. The number of halogens is 1. The average Bonchev–Trinajstić information content (AvgIpc) is 1.96. The monoisotopic (exact) mass is 189 g/mol. The van der Waals surface area contributed by atoms with Crippen molar-refractivity contribution in [2.75, 3.05) is 13.1 Å². The maximum Gasteiger partial charge on any atom is 0.188 e. The van der Waals surface area contributed by atoms with Crippen LogP contribution in [0.4, 0.5) is 0 Å². The number of nitrogens with zero attached hydrogens (tertiary/aromatic N) is 1. The predicted octanol–water partition coefficient (Wildman–Crippen LogP) is 1.30. The quantitative estimate of drug-likeness (QED) is 0.518. The van der Waals surface area contributed by atoms with Gasteiger partial charge in [-0.3, -0.25) is 4.99 Å². The standard InChI is InChI=1S/C8H16ClN3/c1-6(2)4-11-8(10)12-5-7(3)9/h6H,3-5H2,1-2H3,(H3,10,11,12). The van der Waals surface area contributed by atoms with Gasteiger partial charge in [-0.2, -0.15) is 0 Å². The van der Waals surface area contributed by atoms with E-state index in [0.29, 0.717) is 23.5 Å². The van der Waals surface area contributed by atoms with Gasteiger partial charge in [-0.1, -0.05) is 32.0 Å². The summed E-state index contributed by atoms with van der Waals surface area (Å²) >= 11 is 5.52. The average molecular weight is 190 g/mol. The number of guanidine groups is 1. The smallest absolute Gasteiger partial charge is 0.188 e. The van der Waals surface area contributed by atoms with Crippen LogP contribution in [0.15, 0.2) is 16.6 Å². The molecule has 0 spiro atoms. The van der Waals surface area contributed by atoms with E-state index in [9.17, 15) is 0 Å². The Bertz CT molecular complexity index is 175. The van der Waals surface area contributed by atoms with E-state index < -0.39 is 0 Å². The van der Waals surface area contributed by atoms with Gasteiger partial charge >= 0.3 is 0 Å². The SMILES string of the molecule is C=C(Cl)CNC(N)=NCC(C)C. The lowest BCUT2D eigenvalue weighted by Gasteiger charge is -2.04. The van der Waals surface area contributed by atoms with Crippen molar-refractivity contribution >= 4 is 17.6 Å². The number of aliphatic imine (C=N–C) groups is 1. The van der Waals surface area contributed by atoms with Crippen molar-refractivity contribution in [3.05, 3.63) is 11.6 Å². The van der Waals surface area contributed by atoms with Gasteiger partial charge in [-0.05, 0) is 5.92 Å². The van der Waals surface area contributed by atoms with Crippen LogP contribution in [0.1, 0.15) is 13.8 Å². The Morgan fingerprint density at radius 3 is 2.67 bits per heavy atom. The third-order valence-electron chi connectivity index (χ3n) is 1.09. The minimum Gasteiger partial charge on any atom is -0.370 e. The third-order valence-corrected chi connectivity index (χ3v) is 1.22. The van der Waals surface area contributed by atoms with Gasteiger partial charge in [-0.25, -0.2) is 0 Å². The first-order valence-electron chi connectivity index (χ1n) is 3.89. The molecule has 0 rings (SSSR count). The van der Waals surface area contributed by atoms with E-state index in [0.717, 1.165) is 6.54 Å². The highest BCUT2D eigenvalue weighted by molar-refractivity contribution is 6.29. The minimum atomic E-state index is 0.422. The van der Waals surface area contributed by atoms with Crippen LogP contribution in [0.2, 0.25) is 0 Å². The molecule has 3 N–H and O–H groups in total. The normalized spacial score (nSPS) is 11.8. The van der Waals surface area contributed by atoms with Gasteiger partial charge < -0.3 is 11.1 Å². The molecule has 0 bridgehead atoms. The molecule has 0 saturated heterocycles. The second kappa shape index (κ2) is 5.89. The van der Waals surface area contributed by atoms with E-state index in [1.165, 1.54) is 0 Å². The van der Waals surface area contributed by atoms with E-state index in [4.69, 9.17) is 17.3 Å². The molecule has 0 aliphatic carbocycles.